The molecular formula is C18H23ClN2O2. The number of aliphatic hydroxyl groups excluding tert-OH is 1. The highest BCUT2D eigenvalue weighted by molar-refractivity contribution is 6.30. The molecule has 2 aromatic rings. The molecule has 1 saturated heterocycles. The number of pyridine rings is 1. The monoisotopic (exact) mass is 334 g/mol. The fourth-order valence-corrected chi connectivity index (χ4v) is 3.50. The molecule has 3 heterocycles. The zero-order valence-corrected chi connectivity index (χ0v) is 14.0. The van der Waals surface area contributed by atoms with Crippen LogP contribution in [0.3, 0.4) is 0 Å². The first-order valence-electron chi connectivity index (χ1n) is 8.29. The summed E-state index contributed by atoms with van der Waals surface area (Å²) in [6.45, 7) is 1.81. The van der Waals surface area contributed by atoms with Gasteiger partial charge >= 0.3 is 0 Å². The normalized spacial score (nSPS) is 21.0. The second kappa shape index (κ2) is 7.95. The molecule has 124 valence electrons. The summed E-state index contributed by atoms with van der Waals surface area (Å²) < 4.78 is 5.34. The summed E-state index contributed by atoms with van der Waals surface area (Å²) in [5.74, 6) is 0.647. The van der Waals surface area contributed by atoms with Crippen LogP contribution in [0.2, 0.25) is 5.15 Å². The Hall–Kier alpha value is -1.36. The highest BCUT2D eigenvalue weighted by atomic mass is 35.5. The average molecular weight is 335 g/mol. The largest absolute Gasteiger partial charge is 0.467 e. The standard InChI is InChI=1S/C18H23ClN2O2/c19-18-14(6-4-9-20-18)13-21-10-3-1-2-7-15(21)12-16(22)17-8-5-11-23-17/h4-6,8-9,11,15-16,22H,1-3,7,10,12-13H2. The van der Waals surface area contributed by atoms with Gasteiger partial charge in [0.1, 0.15) is 17.0 Å². The molecule has 2 aromatic heterocycles. The zero-order valence-electron chi connectivity index (χ0n) is 13.2. The van der Waals surface area contributed by atoms with Gasteiger partial charge in [-0.15, -0.1) is 0 Å². The summed E-state index contributed by atoms with van der Waals surface area (Å²) in [7, 11) is 0. The molecule has 0 aliphatic carbocycles. The number of likely N-dealkylation sites (tertiary alicyclic amines) is 1. The Labute approximate surface area is 142 Å². The van der Waals surface area contributed by atoms with E-state index in [1.165, 1.54) is 19.3 Å². The van der Waals surface area contributed by atoms with E-state index in [1.807, 2.05) is 24.3 Å². The molecule has 23 heavy (non-hydrogen) atoms. The van der Waals surface area contributed by atoms with Crippen LogP contribution in [-0.4, -0.2) is 27.6 Å². The minimum atomic E-state index is -0.556. The molecule has 1 fully saturated rings. The molecule has 1 aliphatic heterocycles. The highest BCUT2D eigenvalue weighted by Gasteiger charge is 2.25. The first kappa shape index (κ1) is 16.5. The fourth-order valence-electron chi connectivity index (χ4n) is 3.32. The zero-order chi connectivity index (χ0) is 16.1. The Bertz CT molecular complexity index is 603. The lowest BCUT2D eigenvalue weighted by Gasteiger charge is -2.31. The molecule has 0 amide bonds. The highest BCUT2D eigenvalue weighted by Crippen LogP contribution is 2.28. The lowest BCUT2D eigenvalue weighted by Crippen LogP contribution is -2.35. The van der Waals surface area contributed by atoms with Crippen molar-refractivity contribution < 1.29 is 9.52 Å². The van der Waals surface area contributed by atoms with Crippen LogP contribution in [-0.2, 0) is 6.54 Å². The minimum Gasteiger partial charge on any atom is -0.467 e. The van der Waals surface area contributed by atoms with Gasteiger partial charge in [-0.1, -0.05) is 30.5 Å². The van der Waals surface area contributed by atoms with Gasteiger partial charge in [-0.05, 0) is 44.0 Å². The van der Waals surface area contributed by atoms with Crippen molar-refractivity contribution in [3.8, 4) is 0 Å². The van der Waals surface area contributed by atoms with Crippen molar-refractivity contribution in [1.82, 2.24) is 9.88 Å². The number of aliphatic hydroxyl groups is 1. The average Bonchev–Trinajstić information content (AvgIpc) is 3.01. The second-order valence-corrected chi connectivity index (χ2v) is 6.55. The van der Waals surface area contributed by atoms with Crippen LogP contribution < -0.4 is 0 Å². The van der Waals surface area contributed by atoms with Crippen LogP contribution in [0.4, 0.5) is 0 Å². The molecule has 5 heteroatoms. The lowest BCUT2D eigenvalue weighted by atomic mass is 10.0. The van der Waals surface area contributed by atoms with E-state index in [0.717, 1.165) is 25.1 Å². The molecule has 3 rings (SSSR count). The third-order valence-electron chi connectivity index (χ3n) is 4.58. The number of rotatable bonds is 5. The van der Waals surface area contributed by atoms with Gasteiger partial charge in [-0.25, -0.2) is 4.98 Å². The van der Waals surface area contributed by atoms with E-state index < -0.39 is 6.10 Å². The first-order valence-corrected chi connectivity index (χ1v) is 8.67. The molecule has 1 aliphatic rings. The van der Waals surface area contributed by atoms with Crippen LogP contribution in [0, 0.1) is 0 Å². The van der Waals surface area contributed by atoms with Gasteiger partial charge in [0.25, 0.3) is 0 Å². The van der Waals surface area contributed by atoms with Crippen LogP contribution >= 0.6 is 11.6 Å². The van der Waals surface area contributed by atoms with Crippen LogP contribution in [0.1, 0.15) is 49.5 Å². The molecule has 0 spiro atoms. The van der Waals surface area contributed by atoms with Crippen molar-refractivity contribution in [2.75, 3.05) is 6.54 Å². The van der Waals surface area contributed by atoms with Gasteiger partial charge in [0.2, 0.25) is 0 Å². The maximum Gasteiger partial charge on any atom is 0.133 e. The van der Waals surface area contributed by atoms with Gasteiger partial charge in [-0.3, -0.25) is 4.90 Å². The molecule has 1 N–H and O–H groups in total. The molecular weight excluding hydrogens is 312 g/mol. The van der Waals surface area contributed by atoms with Crippen molar-refractivity contribution in [2.45, 2.75) is 50.8 Å². The predicted molar refractivity (Wildman–Crippen MR) is 90.2 cm³/mol. The minimum absolute atomic E-state index is 0.328. The molecule has 4 nitrogen and oxygen atoms in total. The number of nitrogens with zero attached hydrogens (tertiary/aromatic N) is 2. The van der Waals surface area contributed by atoms with Crippen molar-refractivity contribution in [2.24, 2.45) is 0 Å². The number of hydrogen-bond donors (Lipinski definition) is 1. The lowest BCUT2D eigenvalue weighted by molar-refractivity contribution is 0.0830. The Morgan fingerprint density at radius 3 is 3.00 bits per heavy atom. The van der Waals surface area contributed by atoms with Crippen molar-refractivity contribution in [1.29, 1.82) is 0 Å². The van der Waals surface area contributed by atoms with E-state index in [2.05, 4.69) is 9.88 Å². The van der Waals surface area contributed by atoms with E-state index in [1.54, 1.807) is 12.5 Å². The summed E-state index contributed by atoms with van der Waals surface area (Å²) in [6, 6.07) is 7.93. The number of aromatic nitrogens is 1. The van der Waals surface area contributed by atoms with Crippen LogP contribution in [0.15, 0.2) is 41.1 Å². The van der Waals surface area contributed by atoms with E-state index in [-0.39, 0.29) is 0 Å². The Morgan fingerprint density at radius 1 is 1.30 bits per heavy atom. The quantitative estimate of drug-likeness (QED) is 0.833. The summed E-state index contributed by atoms with van der Waals surface area (Å²) in [5.41, 5.74) is 1.05. The summed E-state index contributed by atoms with van der Waals surface area (Å²) in [6.07, 6.45) is 8.18. The summed E-state index contributed by atoms with van der Waals surface area (Å²) in [5, 5.41) is 11.0. The molecule has 2 unspecified atom stereocenters. The maximum atomic E-state index is 10.4. The van der Waals surface area contributed by atoms with E-state index >= 15 is 0 Å². The SMILES string of the molecule is OC(CC1CCCCCN1Cc1cccnc1Cl)c1ccco1. The van der Waals surface area contributed by atoms with Crippen molar-refractivity contribution in [3.05, 3.63) is 53.2 Å². The van der Waals surface area contributed by atoms with Gasteiger partial charge < -0.3 is 9.52 Å². The van der Waals surface area contributed by atoms with Crippen molar-refractivity contribution >= 4 is 11.6 Å². The van der Waals surface area contributed by atoms with E-state index in [4.69, 9.17) is 16.0 Å². The second-order valence-electron chi connectivity index (χ2n) is 6.19. The Kier molecular flexibility index (Phi) is 5.70. The molecule has 0 bridgehead atoms. The molecule has 0 saturated carbocycles. The van der Waals surface area contributed by atoms with Gasteiger partial charge in [-0.2, -0.15) is 0 Å². The Morgan fingerprint density at radius 2 is 2.22 bits per heavy atom. The first-order chi connectivity index (χ1) is 11.2. The predicted octanol–water partition coefficient (Wildman–Crippen LogP) is 4.20. The smallest absolute Gasteiger partial charge is 0.133 e. The summed E-state index contributed by atoms with van der Waals surface area (Å²) in [4.78, 5) is 6.60. The number of hydrogen-bond acceptors (Lipinski definition) is 4. The third kappa shape index (κ3) is 4.34. The topological polar surface area (TPSA) is 49.5 Å². The number of furan rings is 1. The third-order valence-corrected chi connectivity index (χ3v) is 4.92. The van der Waals surface area contributed by atoms with Crippen LogP contribution in [0.5, 0.6) is 0 Å². The Balaban J connectivity index is 1.71. The summed E-state index contributed by atoms with van der Waals surface area (Å²) >= 11 is 6.22. The molecule has 0 aromatic carbocycles. The molecule has 2 atom stereocenters. The van der Waals surface area contributed by atoms with Crippen molar-refractivity contribution in [3.63, 3.8) is 0 Å². The molecule has 0 radical (unpaired) electrons. The fraction of sp³-hybridized carbons (Fsp3) is 0.500. The van der Waals surface area contributed by atoms with E-state index in [9.17, 15) is 5.11 Å². The maximum absolute atomic E-state index is 10.4. The van der Waals surface area contributed by atoms with E-state index in [0.29, 0.717) is 23.4 Å². The van der Waals surface area contributed by atoms with Gasteiger partial charge in [0.05, 0.1) is 6.26 Å². The van der Waals surface area contributed by atoms with Gasteiger partial charge in [0, 0.05) is 24.3 Å². The van der Waals surface area contributed by atoms with Crippen LogP contribution in [0.25, 0.3) is 0 Å². The van der Waals surface area contributed by atoms with Gasteiger partial charge in [0.15, 0.2) is 0 Å². The number of halogens is 1.